The van der Waals surface area contributed by atoms with Crippen molar-refractivity contribution in [1.82, 2.24) is 4.98 Å². The topological polar surface area (TPSA) is 153 Å². The highest BCUT2D eigenvalue weighted by molar-refractivity contribution is 7.14. The Morgan fingerprint density at radius 3 is 2.61 bits per heavy atom. The molecule has 1 heterocycles. The van der Waals surface area contributed by atoms with E-state index in [1.165, 1.54) is 5.38 Å². The summed E-state index contributed by atoms with van der Waals surface area (Å²) < 4.78 is 5.04. The fraction of sp³-hybridized carbons (Fsp3) is 0.417. The van der Waals surface area contributed by atoms with Gasteiger partial charge in [-0.15, -0.1) is 11.3 Å². The summed E-state index contributed by atoms with van der Waals surface area (Å²) in [6.07, 6.45) is -0.725. The third kappa shape index (κ3) is 6.74. The van der Waals surface area contributed by atoms with Crippen LogP contribution in [0.1, 0.15) is 26.5 Å². The molecule has 0 radical (unpaired) electrons. The van der Waals surface area contributed by atoms with Crippen LogP contribution in [-0.4, -0.2) is 46.0 Å². The number of ether oxygens (including phenoxy) is 1. The molecule has 0 spiro atoms. The molecule has 11 heteroatoms. The lowest BCUT2D eigenvalue weighted by Gasteiger charge is -2.18. The van der Waals surface area contributed by atoms with Gasteiger partial charge in [0.2, 0.25) is 5.71 Å². The Morgan fingerprint density at radius 2 is 2.09 bits per heavy atom. The van der Waals surface area contributed by atoms with Crippen LogP contribution in [0.3, 0.4) is 0 Å². The Labute approximate surface area is 135 Å². The number of carboxylic acids is 1. The zero-order valence-corrected chi connectivity index (χ0v) is 13.5. The molecule has 0 atom stereocenters. The Kier molecular flexibility index (Phi) is 6.02. The van der Waals surface area contributed by atoms with E-state index in [-0.39, 0.29) is 10.8 Å². The van der Waals surface area contributed by atoms with Gasteiger partial charge in [-0.05, 0) is 20.8 Å². The van der Waals surface area contributed by atoms with E-state index in [9.17, 15) is 14.4 Å². The second kappa shape index (κ2) is 7.54. The van der Waals surface area contributed by atoms with Crippen LogP contribution in [0.2, 0.25) is 0 Å². The zero-order valence-electron chi connectivity index (χ0n) is 12.7. The molecule has 0 unspecified atom stereocenters. The highest BCUT2D eigenvalue weighted by atomic mass is 32.1. The van der Waals surface area contributed by atoms with E-state index in [0.717, 1.165) is 11.3 Å². The number of nitrogens with zero attached hydrogens (tertiary/aromatic N) is 2. The van der Waals surface area contributed by atoms with Crippen LogP contribution in [0.4, 0.5) is 9.93 Å². The number of primary amides is 1. The number of nitrogens with one attached hydrogen (secondary N) is 1. The molecule has 0 aliphatic heterocycles. The molecule has 4 N–H and O–H groups in total. The number of carbonyl (C=O) groups excluding carboxylic acids is 2. The summed E-state index contributed by atoms with van der Waals surface area (Å²) >= 11 is 0.975. The summed E-state index contributed by atoms with van der Waals surface area (Å²) in [5, 5.41) is 16.2. The molecule has 1 aromatic heterocycles. The summed E-state index contributed by atoms with van der Waals surface area (Å²) in [6.45, 7) is 4.53. The predicted molar refractivity (Wildman–Crippen MR) is 81.3 cm³/mol. The first kappa shape index (κ1) is 18.4. The molecular formula is C12H16N4O6S. The van der Waals surface area contributed by atoms with Crippen molar-refractivity contribution >= 4 is 40.1 Å². The second-order valence-corrected chi connectivity index (χ2v) is 6.01. The molecule has 0 saturated heterocycles. The van der Waals surface area contributed by atoms with E-state index in [2.05, 4.69) is 20.3 Å². The number of amides is 2. The lowest BCUT2D eigenvalue weighted by atomic mass is 10.2. The maximum absolute atomic E-state index is 11.6. The molecule has 0 bridgehead atoms. The van der Waals surface area contributed by atoms with E-state index < -0.39 is 35.9 Å². The summed E-state index contributed by atoms with van der Waals surface area (Å²) in [7, 11) is 0. The molecule has 23 heavy (non-hydrogen) atoms. The summed E-state index contributed by atoms with van der Waals surface area (Å²) in [5.74, 6) is -2.22. The maximum Gasteiger partial charge on any atom is 0.413 e. The van der Waals surface area contributed by atoms with E-state index in [0.29, 0.717) is 0 Å². The molecule has 126 valence electrons. The van der Waals surface area contributed by atoms with E-state index >= 15 is 0 Å². The van der Waals surface area contributed by atoms with E-state index in [1.807, 2.05) is 0 Å². The minimum absolute atomic E-state index is 0.0435. The second-order valence-electron chi connectivity index (χ2n) is 5.15. The number of hydrogen-bond donors (Lipinski definition) is 3. The molecule has 10 nitrogen and oxygen atoms in total. The van der Waals surface area contributed by atoms with Crippen molar-refractivity contribution in [2.24, 2.45) is 10.9 Å². The van der Waals surface area contributed by atoms with Crippen molar-refractivity contribution in [2.75, 3.05) is 11.9 Å². The average molecular weight is 344 g/mol. The third-order valence-electron chi connectivity index (χ3n) is 1.92. The number of thiazole rings is 1. The number of rotatable bonds is 6. The molecule has 0 saturated carbocycles. The Hall–Kier alpha value is -2.69. The first-order valence-electron chi connectivity index (χ1n) is 6.26. The normalized spacial score (nSPS) is 11.7. The molecule has 1 aromatic rings. The van der Waals surface area contributed by atoms with Crippen molar-refractivity contribution in [3.63, 3.8) is 0 Å². The lowest BCUT2D eigenvalue weighted by Crippen LogP contribution is -2.27. The fourth-order valence-corrected chi connectivity index (χ4v) is 1.87. The molecule has 0 aromatic carbocycles. The van der Waals surface area contributed by atoms with Gasteiger partial charge in [0.1, 0.15) is 11.3 Å². The molecule has 1 rings (SSSR count). The minimum atomic E-state index is -1.41. The largest absolute Gasteiger partial charge is 0.476 e. The predicted octanol–water partition coefficient (Wildman–Crippen LogP) is 0.781. The maximum atomic E-state index is 11.6. The van der Waals surface area contributed by atoms with Gasteiger partial charge in [-0.1, -0.05) is 5.16 Å². The molecule has 0 fully saturated rings. The smallest absolute Gasteiger partial charge is 0.413 e. The van der Waals surface area contributed by atoms with Gasteiger partial charge in [0.25, 0.3) is 5.91 Å². The summed E-state index contributed by atoms with van der Waals surface area (Å²) in [5.41, 5.74) is 3.60. The quantitative estimate of drug-likeness (QED) is 0.509. The van der Waals surface area contributed by atoms with Crippen LogP contribution in [-0.2, 0) is 19.2 Å². The number of oxime groups is 1. The van der Waals surface area contributed by atoms with Crippen molar-refractivity contribution in [1.29, 1.82) is 0 Å². The Balaban J connectivity index is 2.81. The Morgan fingerprint density at radius 1 is 1.43 bits per heavy atom. The van der Waals surface area contributed by atoms with E-state index in [1.54, 1.807) is 20.8 Å². The summed E-state index contributed by atoms with van der Waals surface area (Å²) in [6, 6.07) is 0. The first-order chi connectivity index (χ1) is 10.6. The number of anilines is 1. The fourth-order valence-electron chi connectivity index (χ4n) is 1.19. The van der Waals surface area contributed by atoms with Gasteiger partial charge in [-0.2, -0.15) is 0 Å². The van der Waals surface area contributed by atoms with Gasteiger partial charge in [-0.3, -0.25) is 10.1 Å². The van der Waals surface area contributed by atoms with Gasteiger partial charge in [0.15, 0.2) is 11.7 Å². The number of carboxylic acid groups (broad SMARTS) is 1. The molecular weight excluding hydrogens is 328 g/mol. The number of hydrogen-bond acceptors (Lipinski definition) is 8. The van der Waals surface area contributed by atoms with Crippen LogP contribution in [0.25, 0.3) is 0 Å². The molecule has 0 aliphatic rings. The van der Waals surface area contributed by atoms with Crippen molar-refractivity contribution < 1.29 is 29.1 Å². The van der Waals surface area contributed by atoms with Crippen molar-refractivity contribution in [3.05, 3.63) is 11.1 Å². The van der Waals surface area contributed by atoms with Gasteiger partial charge < -0.3 is 20.4 Å². The number of nitrogens with two attached hydrogens (primary N) is 1. The average Bonchev–Trinajstić information content (AvgIpc) is 2.79. The lowest BCUT2D eigenvalue weighted by molar-refractivity contribution is -0.130. The van der Waals surface area contributed by atoms with Crippen LogP contribution in [0.15, 0.2) is 10.5 Å². The standard InChI is InChI=1S/C12H16N4O6S/c1-12(2,3)22-11(20)15-10-14-6(5-23-10)8(9(18)19)16-21-4-7(13)17/h5H,4H2,1-3H3,(H2,13,17)(H,18,19)(H,14,15,20)/b16-8-. The van der Waals surface area contributed by atoms with Crippen LogP contribution in [0, 0.1) is 0 Å². The van der Waals surface area contributed by atoms with Gasteiger partial charge >= 0.3 is 12.1 Å². The SMILES string of the molecule is CC(C)(C)OC(=O)Nc1nc(/C(=N/OCC(N)=O)C(=O)O)cs1. The van der Waals surface area contributed by atoms with Crippen molar-refractivity contribution in [3.8, 4) is 0 Å². The van der Waals surface area contributed by atoms with E-state index in [4.69, 9.17) is 15.6 Å². The van der Waals surface area contributed by atoms with Crippen LogP contribution < -0.4 is 11.1 Å². The van der Waals surface area contributed by atoms with Crippen molar-refractivity contribution in [2.45, 2.75) is 26.4 Å². The highest BCUT2D eigenvalue weighted by Crippen LogP contribution is 2.18. The monoisotopic (exact) mass is 344 g/mol. The molecule has 2 amide bonds. The third-order valence-corrected chi connectivity index (χ3v) is 2.68. The Bertz CT molecular complexity index is 634. The van der Waals surface area contributed by atoms with Crippen LogP contribution >= 0.6 is 11.3 Å². The summed E-state index contributed by atoms with van der Waals surface area (Å²) in [4.78, 5) is 41.7. The van der Waals surface area contributed by atoms with Gasteiger partial charge in [0, 0.05) is 5.38 Å². The zero-order chi connectivity index (χ0) is 17.6. The number of aliphatic carboxylic acids is 1. The van der Waals surface area contributed by atoms with Gasteiger partial charge in [-0.25, -0.2) is 14.6 Å². The first-order valence-corrected chi connectivity index (χ1v) is 7.14. The molecule has 0 aliphatic carbocycles. The highest BCUT2D eigenvalue weighted by Gasteiger charge is 2.20. The number of carbonyl (C=O) groups is 3. The van der Waals surface area contributed by atoms with Gasteiger partial charge in [0.05, 0.1) is 0 Å². The minimum Gasteiger partial charge on any atom is -0.476 e. The van der Waals surface area contributed by atoms with Crippen LogP contribution in [0.5, 0.6) is 0 Å². The number of aromatic nitrogens is 1.